The van der Waals surface area contributed by atoms with E-state index >= 15 is 0 Å². The van der Waals surface area contributed by atoms with Gasteiger partial charge < -0.3 is 9.90 Å². The predicted molar refractivity (Wildman–Crippen MR) is 71.0 cm³/mol. The summed E-state index contributed by atoms with van der Waals surface area (Å²) in [6, 6.07) is 6.00. The summed E-state index contributed by atoms with van der Waals surface area (Å²) in [5.74, 6) is -2.40. The van der Waals surface area contributed by atoms with Gasteiger partial charge in [-0.15, -0.1) is 0 Å². The van der Waals surface area contributed by atoms with Crippen molar-refractivity contribution >= 4 is 23.5 Å². The number of carbonyl (C=O) groups excluding carboxylic acids is 3. The molecular formula is C16H12NO4-. The number of fused-ring (bicyclic) bond motifs is 5. The van der Waals surface area contributed by atoms with Gasteiger partial charge in [0.2, 0.25) is 11.8 Å². The van der Waals surface area contributed by atoms with Gasteiger partial charge in [0.05, 0.1) is 23.5 Å². The van der Waals surface area contributed by atoms with E-state index in [-0.39, 0.29) is 46.7 Å². The third kappa shape index (κ3) is 1.48. The largest absolute Gasteiger partial charge is 0.545 e. The molecule has 1 saturated carbocycles. The smallest absolute Gasteiger partial charge is 0.238 e. The minimum Gasteiger partial charge on any atom is -0.545 e. The topological polar surface area (TPSA) is 77.5 Å². The lowest BCUT2D eigenvalue weighted by molar-refractivity contribution is -0.254. The summed E-state index contributed by atoms with van der Waals surface area (Å²) in [5.41, 5.74) is 0.000722. The van der Waals surface area contributed by atoms with Crippen LogP contribution in [0.15, 0.2) is 36.4 Å². The summed E-state index contributed by atoms with van der Waals surface area (Å²) in [4.78, 5) is 37.5. The molecule has 0 unspecified atom stereocenters. The van der Waals surface area contributed by atoms with Crippen molar-refractivity contribution in [2.45, 2.75) is 6.42 Å². The number of carbonyl (C=O) groups is 3. The second-order valence-corrected chi connectivity index (χ2v) is 5.82. The van der Waals surface area contributed by atoms with Crippen molar-refractivity contribution in [1.29, 1.82) is 0 Å². The number of carboxylic acid groups (broad SMARTS) is 1. The molecule has 2 bridgehead atoms. The lowest BCUT2D eigenvalue weighted by atomic mass is 9.85. The molecule has 2 amide bonds. The van der Waals surface area contributed by atoms with E-state index < -0.39 is 5.97 Å². The summed E-state index contributed by atoms with van der Waals surface area (Å²) in [7, 11) is 0. The number of para-hydroxylation sites is 1. The van der Waals surface area contributed by atoms with Gasteiger partial charge in [0.25, 0.3) is 0 Å². The van der Waals surface area contributed by atoms with Gasteiger partial charge in [0.15, 0.2) is 0 Å². The van der Waals surface area contributed by atoms with Gasteiger partial charge in [-0.2, -0.15) is 0 Å². The minimum atomic E-state index is -1.38. The highest BCUT2D eigenvalue weighted by Crippen LogP contribution is 2.53. The van der Waals surface area contributed by atoms with Crippen LogP contribution in [0.25, 0.3) is 0 Å². The summed E-state index contributed by atoms with van der Waals surface area (Å²) < 4.78 is 0. The van der Waals surface area contributed by atoms with E-state index in [2.05, 4.69) is 0 Å². The number of allylic oxidation sites excluding steroid dienone is 2. The lowest BCUT2D eigenvalue weighted by Crippen LogP contribution is -2.35. The molecule has 106 valence electrons. The Morgan fingerprint density at radius 2 is 1.62 bits per heavy atom. The van der Waals surface area contributed by atoms with E-state index in [1.807, 2.05) is 12.2 Å². The molecule has 1 aromatic carbocycles. The van der Waals surface area contributed by atoms with E-state index in [1.165, 1.54) is 12.1 Å². The fraction of sp³-hybridized carbons (Fsp3) is 0.312. The van der Waals surface area contributed by atoms with Crippen LogP contribution >= 0.6 is 0 Å². The van der Waals surface area contributed by atoms with Crippen LogP contribution in [0.3, 0.4) is 0 Å². The fourth-order valence-electron chi connectivity index (χ4n) is 3.98. The molecule has 4 rings (SSSR count). The Balaban J connectivity index is 1.80. The number of hydrogen-bond donors (Lipinski definition) is 0. The number of nitrogens with zero attached hydrogens (tertiary/aromatic N) is 1. The van der Waals surface area contributed by atoms with Crippen molar-refractivity contribution < 1.29 is 19.5 Å². The van der Waals surface area contributed by atoms with Gasteiger partial charge in [-0.05, 0) is 24.3 Å². The number of aromatic carboxylic acids is 1. The zero-order chi connectivity index (χ0) is 14.7. The van der Waals surface area contributed by atoms with Crippen LogP contribution in [-0.4, -0.2) is 17.8 Å². The Morgan fingerprint density at radius 3 is 2.19 bits per heavy atom. The minimum absolute atomic E-state index is 0.108. The molecule has 5 heteroatoms. The highest BCUT2D eigenvalue weighted by atomic mass is 16.4. The van der Waals surface area contributed by atoms with Crippen LogP contribution in [0.5, 0.6) is 0 Å². The number of rotatable bonds is 2. The van der Waals surface area contributed by atoms with Gasteiger partial charge in [-0.1, -0.05) is 30.4 Å². The molecule has 21 heavy (non-hydrogen) atoms. The molecule has 4 atom stereocenters. The standard InChI is InChI=1S/C16H13NO4/c18-14-12-8-5-6-9(7-8)13(12)15(19)17(14)11-4-2-1-3-10(11)16(20)21/h1-6,8-9,12-13H,7H2,(H,20,21)/p-1/t8-,9+,12+,13-. The number of benzene rings is 1. The average Bonchev–Trinajstić information content (AvgIpc) is 3.13. The highest BCUT2D eigenvalue weighted by Gasteiger charge is 2.59. The zero-order valence-corrected chi connectivity index (χ0v) is 11.1. The van der Waals surface area contributed by atoms with Crippen molar-refractivity contribution in [3.05, 3.63) is 42.0 Å². The Kier molecular flexibility index (Phi) is 2.37. The van der Waals surface area contributed by atoms with E-state index in [9.17, 15) is 19.5 Å². The quantitative estimate of drug-likeness (QED) is 0.579. The number of carboxylic acids is 1. The maximum Gasteiger partial charge on any atom is 0.238 e. The van der Waals surface area contributed by atoms with Crippen molar-refractivity contribution in [2.24, 2.45) is 23.7 Å². The zero-order valence-electron chi connectivity index (χ0n) is 11.1. The van der Waals surface area contributed by atoms with Gasteiger partial charge >= 0.3 is 0 Å². The van der Waals surface area contributed by atoms with E-state index in [0.717, 1.165) is 11.3 Å². The first-order valence-corrected chi connectivity index (χ1v) is 6.96. The van der Waals surface area contributed by atoms with E-state index in [1.54, 1.807) is 12.1 Å². The van der Waals surface area contributed by atoms with Crippen molar-refractivity contribution in [3.8, 4) is 0 Å². The maximum absolute atomic E-state index is 12.6. The fourth-order valence-corrected chi connectivity index (χ4v) is 3.98. The van der Waals surface area contributed by atoms with E-state index in [4.69, 9.17) is 0 Å². The molecule has 1 heterocycles. The summed E-state index contributed by atoms with van der Waals surface area (Å²) in [6.07, 6.45) is 4.86. The third-order valence-electron chi connectivity index (χ3n) is 4.84. The van der Waals surface area contributed by atoms with Crippen LogP contribution in [-0.2, 0) is 9.59 Å². The summed E-state index contributed by atoms with van der Waals surface area (Å²) >= 11 is 0. The summed E-state index contributed by atoms with van der Waals surface area (Å²) in [6.45, 7) is 0. The number of imide groups is 1. The first-order valence-electron chi connectivity index (χ1n) is 6.96. The van der Waals surface area contributed by atoms with E-state index in [0.29, 0.717) is 0 Å². The average molecular weight is 282 g/mol. The van der Waals surface area contributed by atoms with Crippen LogP contribution in [0, 0.1) is 23.7 Å². The molecule has 1 aliphatic heterocycles. The van der Waals surface area contributed by atoms with Crippen LogP contribution in [0.2, 0.25) is 0 Å². The molecule has 1 aromatic rings. The molecule has 5 nitrogen and oxygen atoms in total. The lowest BCUT2D eigenvalue weighted by Gasteiger charge is -2.20. The van der Waals surface area contributed by atoms with Crippen LogP contribution in [0.4, 0.5) is 5.69 Å². The molecule has 0 N–H and O–H groups in total. The molecule has 0 aromatic heterocycles. The predicted octanol–water partition coefficient (Wildman–Crippen LogP) is 0.362. The Bertz CT molecular complexity index is 678. The monoisotopic (exact) mass is 282 g/mol. The molecule has 2 fully saturated rings. The van der Waals surface area contributed by atoms with Crippen LogP contribution in [0.1, 0.15) is 16.8 Å². The number of anilines is 1. The van der Waals surface area contributed by atoms with Crippen LogP contribution < -0.4 is 10.0 Å². The molecule has 1 saturated heterocycles. The maximum atomic E-state index is 12.6. The van der Waals surface area contributed by atoms with Gasteiger partial charge in [-0.25, -0.2) is 4.90 Å². The molecule has 0 spiro atoms. The Morgan fingerprint density at radius 1 is 1.05 bits per heavy atom. The van der Waals surface area contributed by atoms with Gasteiger partial charge in [-0.3, -0.25) is 9.59 Å². The molecular weight excluding hydrogens is 270 g/mol. The summed E-state index contributed by atoms with van der Waals surface area (Å²) in [5, 5.41) is 11.2. The van der Waals surface area contributed by atoms with Gasteiger partial charge in [0.1, 0.15) is 0 Å². The Labute approximate surface area is 120 Å². The SMILES string of the molecule is O=C([O-])c1ccccc1N1C(=O)[C@@H]2[C@H](C1=O)[C@H]1C=C[C@@H]2C1. The van der Waals surface area contributed by atoms with Crippen molar-refractivity contribution in [2.75, 3.05) is 4.90 Å². The molecule has 2 aliphatic carbocycles. The second kappa shape index (κ2) is 4.04. The van der Waals surface area contributed by atoms with Crippen molar-refractivity contribution in [1.82, 2.24) is 0 Å². The Hall–Kier alpha value is -2.43. The first-order chi connectivity index (χ1) is 10.1. The normalized spacial score (nSPS) is 32.9. The molecule has 3 aliphatic rings. The number of amides is 2. The third-order valence-corrected chi connectivity index (χ3v) is 4.84. The second-order valence-electron chi connectivity index (χ2n) is 5.82. The van der Waals surface area contributed by atoms with Gasteiger partial charge in [0, 0.05) is 5.56 Å². The van der Waals surface area contributed by atoms with Crippen molar-refractivity contribution in [3.63, 3.8) is 0 Å². The highest BCUT2D eigenvalue weighted by molar-refractivity contribution is 6.24. The molecule has 0 radical (unpaired) electrons. The first kappa shape index (κ1) is 12.3. The number of hydrogen-bond acceptors (Lipinski definition) is 4.